The second kappa shape index (κ2) is 7.09. The second-order valence-corrected chi connectivity index (χ2v) is 8.39. The molecule has 0 bridgehead atoms. The SMILES string of the molecule is CC(C)CC1(CNC(=O)C2CC23CCNCC3)CCCC1.Cl. The summed E-state index contributed by atoms with van der Waals surface area (Å²) in [7, 11) is 0. The fourth-order valence-electron chi connectivity index (χ4n) is 5.04. The fraction of sp³-hybridized carbons (Fsp3) is 0.944. The van der Waals surface area contributed by atoms with Crippen molar-refractivity contribution in [2.45, 2.75) is 65.2 Å². The van der Waals surface area contributed by atoms with E-state index in [0.29, 0.717) is 22.7 Å². The molecule has 3 nitrogen and oxygen atoms in total. The molecule has 3 fully saturated rings. The molecule has 2 saturated carbocycles. The van der Waals surface area contributed by atoms with E-state index in [1.54, 1.807) is 0 Å². The highest BCUT2D eigenvalue weighted by Gasteiger charge is 2.57. The minimum Gasteiger partial charge on any atom is -0.355 e. The number of carbonyl (C=O) groups is 1. The van der Waals surface area contributed by atoms with Crippen LogP contribution in [0.3, 0.4) is 0 Å². The van der Waals surface area contributed by atoms with Crippen LogP contribution >= 0.6 is 12.4 Å². The van der Waals surface area contributed by atoms with E-state index in [1.807, 2.05) is 0 Å². The molecule has 1 spiro atoms. The van der Waals surface area contributed by atoms with Crippen molar-refractivity contribution in [1.29, 1.82) is 0 Å². The predicted octanol–water partition coefficient (Wildman–Crippen LogP) is 3.52. The molecule has 0 radical (unpaired) electrons. The molecule has 1 aliphatic heterocycles. The third kappa shape index (κ3) is 3.79. The molecule has 0 aromatic rings. The van der Waals surface area contributed by atoms with Crippen LogP contribution in [0.15, 0.2) is 0 Å². The smallest absolute Gasteiger partial charge is 0.223 e. The number of amides is 1. The molecule has 2 aliphatic carbocycles. The van der Waals surface area contributed by atoms with Gasteiger partial charge in [0.1, 0.15) is 0 Å². The van der Waals surface area contributed by atoms with Gasteiger partial charge in [0.05, 0.1) is 0 Å². The van der Waals surface area contributed by atoms with Crippen molar-refractivity contribution >= 4 is 18.3 Å². The van der Waals surface area contributed by atoms with Gasteiger partial charge in [-0.1, -0.05) is 26.7 Å². The molecule has 0 aromatic heterocycles. The number of nitrogens with one attached hydrogen (secondary N) is 2. The Hall–Kier alpha value is -0.280. The van der Waals surface area contributed by atoms with Crippen molar-refractivity contribution < 1.29 is 4.79 Å². The van der Waals surface area contributed by atoms with E-state index in [1.165, 1.54) is 44.9 Å². The zero-order valence-corrected chi connectivity index (χ0v) is 15.1. The summed E-state index contributed by atoms with van der Waals surface area (Å²) >= 11 is 0. The minimum atomic E-state index is 0. The van der Waals surface area contributed by atoms with Crippen LogP contribution in [-0.2, 0) is 4.79 Å². The second-order valence-electron chi connectivity index (χ2n) is 8.39. The Balaban J connectivity index is 0.00000176. The lowest BCUT2D eigenvalue weighted by atomic mass is 9.78. The summed E-state index contributed by atoms with van der Waals surface area (Å²) in [6, 6.07) is 0. The summed E-state index contributed by atoms with van der Waals surface area (Å²) in [5.41, 5.74) is 0.774. The Morgan fingerprint density at radius 3 is 2.41 bits per heavy atom. The molecular weight excluding hydrogens is 296 g/mol. The summed E-state index contributed by atoms with van der Waals surface area (Å²) in [4.78, 5) is 12.5. The molecule has 22 heavy (non-hydrogen) atoms. The van der Waals surface area contributed by atoms with Crippen LogP contribution in [0.2, 0.25) is 0 Å². The maximum Gasteiger partial charge on any atom is 0.223 e. The van der Waals surface area contributed by atoms with E-state index in [0.717, 1.165) is 32.0 Å². The highest BCUT2D eigenvalue weighted by atomic mass is 35.5. The fourth-order valence-corrected chi connectivity index (χ4v) is 5.04. The van der Waals surface area contributed by atoms with Gasteiger partial charge in [0, 0.05) is 12.5 Å². The van der Waals surface area contributed by atoms with E-state index in [-0.39, 0.29) is 12.4 Å². The summed E-state index contributed by atoms with van der Waals surface area (Å²) in [6.45, 7) is 7.75. The van der Waals surface area contributed by atoms with Crippen molar-refractivity contribution in [1.82, 2.24) is 10.6 Å². The standard InChI is InChI=1S/C18H32N2O.ClH/c1-14(2)11-17(5-3-4-6-17)13-20-16(21)15-12-18(15)7-9-19-10-8-18;/h14-15,19H,3-13H2,1-2H3,(H,20,21);1H. The molecule has 128 valence electrons. The van der Waals surface area contributed by atoms with Gasteiger partial charge in [-0.3, -0.25) is 4.79 Å². The Bertz CT molecular complexity index is 385. The molecular formula is C18H33ClN2O. The van der Waals surface area contributed by atoms with Gasteiger partial charge in [0.2, 0.25) is 5.91 Å². The number of hydrogen-bond donors (Lipinski definition) is 2. The first-order valence-electron chi connectivity index (χ1n) is 9.04. The maximum atomic E-state index is 12.5. The third-order valence-corrected chi connectivity index (χ3v) is 6.25. The van der Waals surface area contributed by atoms with Crippen LogP contribution in [0, 0.1) is 22.7 Å². The van der Waals surface area contributed by atoms with Gasteiger partial charge in [0.15, 0.2) is 0 Å². The monoisotopic (exact) mass is 328 g/mol. The van der Waals surface area contributed by atoms with Crippen LogP contribution in [0.1, 0.15) is 65.2 Å². The number of halogens is 1. The largest absolute Gasteiger partial charge is 0.355 e. The van der Waals surface area contributed by atoms with Gasteiger partial charge in [-0.2, -0.15) is 0 Å². The van der Waals surface area contributed by atoms with Crippen LogP contribution < -0.4 is 10.6 Å². The minimum absolute atomic E-state index is 0. The summed E-state index contributed by atoms with van der Waals surface area (Å²) in [6.07, 6.45) is 10.1. The molecule has 0 aromatic carbocycles. The zero-order valence-electron chi connectivity index (χ0n) is 14.2. The lowest BCUT2D eigenvalue weighted by Crippen LogP contribution is -2.39. The number of piperidine rings is 1. The Morgan fingerprint density at radius 2 is 1.82 bits per heavy atom. The van der Waals surface area contributed by atoms with Crippen molar-refractivity contribution in [3.8, 4) is 0 Å². The first-order valence-corrected chi connectivity index (χ1v) is 9.04. The number of hydrogen-bond acceptors (Lipinski definition) is 2. The third-order valence-electron chi connectivity index (χ3n) is 6.25. The van der Waals surface area contributed by atoms with Crippen LogP contribution in [-0.4, -0.2) is 25.5 Å². The van der Waals surface area contributed by atoms with Gasteiger partial charge in [-0.05, 0) is 68.4 Å². The summed E-state index contributed by atoms with van der Waals surface area (Å²) in [5.74, 6) is 1.40. The molecule has 3 rings (SSSR count). The van der Waals surface area contributed by atoms with Gasteiger partial charge in [0.25, 0.3) is 0 Å². The maximum absolute atomic E-state index is 12.5. The summed E-state index contributed by atoms with van der Waals surface area (Å²) in [5, 5.41) is 6.76. The first kappa shape index (κ1) is 18.1. The van der Waals surface area contributed by atoms with Gasteiger partial charge in [-0.25, -0.2) is 0 Å². The van der Waals surface area contributed by atoms with Crippen molar-refractivity contribution in [2.75, 3.05) is 19.6 Å². The zero-order chi connectivity index (χ0) is 14.9. The quantitative estimate of drug-likeness (QED) is 0.810. The van der Waals surface area contributed by atoms with E-state index in [4.69, 9.17) is 0 Å². The lowest BCUT2D eigenvalue weighted by Gasteiger charge is -2.31. The Labute approximate surface area is 141 Å². The molecule has 3 aliphatic rings. The molecule has 1 amide bonds. The average Bonchev–Trinajstić information content (AvgIpc) is 2.94. The van der Waals surface area contributed by atoms with Crippen LogP contribution in [0.5, 0.6) is 0 Å². The average molecular weight is 329 g/mol. The van der Waals surface area contributed by atoms with Crippen LogP contribution in [0.25, 0.3) is 0 Å². The molecule has 1 atom stereocenters. The van der Waals surface area contributed by atoms with Crippen LogP contribution in [0.4, 0.5) is 0 Å². The lowest BCUT2D eigenvalue weighted by molar-refractivity contribution is -0.123. The van der Waals surface area contributed by atoms with Gasteiger partial charge >= 0.3 is 0 Å². The predicted molar refractivity (Wildman–Crippen MR) is 93.3 cm³/mol. The van der Waals surface area contributed by atoms with E-state index < -0.39 is 0 Å². The van der Waals surface area contributed by atoms with Crippen molar-refractivity contribution in [3.05, 3.63) is 0 Å². The summed E-state index contributed by atoms with van der Waals surface area (Å²) < 4.78 is 0. The molecule has 2 N–H and O–H groups in total. The molecule has 1 saturated heterocycles. The molecule has 1 heterocycles. The highest BCUT2D eigenvalue weighted by molar-refractivity contribution is 5.85. The number of rotatable bonds is 5. The van der Waals surface area contributed by atoms with Crippen molar-refractivity contribution in [3.63, 3.8) is 0 Å². The molecule has 4 heteroatoms. The Kier molecular flexibility index (Phi) is 5.82. The highest BCUT2D eigenvalue weighted by Crippen LogP contribution is 2.58. The number of carbonyl (C=O) groups excluding carboxylic acids is 1. The van der Waals surface area contributed by atoms with E-state index >= 15 is 0 Å². The van der Waals surface area contributed by atoms with E-state index in [9.17, 15) is 4.79 Å². The normalized spacial score (nSPS) is 28.4. The van der Waals surface area contributed by atoms with Gasteiger partial charge in [-0.15, -0.1) is 12.4 Å². The van der Waals surface area contributed by atoms with E-state index in [2.05, 4.69) is 24.5 Å². The first-order chi connectivity index (χ1) is 10.1. The topological polar surface area (TPSA) is 41.1 Å². The molecule has 1 unspecified atom stereocenters. The van der Waals surface area contributed by atoms with Gasteiger partial charge < -0.3 is 10.6 Å². The Morgan fingerprint density at radius 1 is 1.18 bits per heavy atom. The van der Waals surface area contributed by atoms with Crippen molar-refractivity contribution in [2.24, 2.45) is 22.7 Å².